The average Bonchev–Trinajstić information content (AvgIpc) is 3.32. The maximum atomic E-state index is 14.1. The summed E-state index contributed by atoms with van der Waals surface area (Å²) in [7, 11) is 0. The largest absolute Gasteiger partial charge is 0.338 e. The number of aromatic amines is 1. The summed E-state index contributed by atoms with van der Waals surface area (Å²) in [6.07, 6.45) is 1.90. The van der Waals surface area contributed by atoms with Crippen molar-refractivity contribution < 1.29 is 18.4 Å². The van der Waals surface area contributed by atoms with Gasteiger partial charge in [0.05, 0.1) is 11.2 Å². The number of nitrogens with zero attached hydrogens (tertiary/aromatic N) is 4. The van der Waals surface area contributed by atoms with E-state index >= 15 is 0 Å². The van der Waals surface area contributed by atoms with Gasteiger partial charge in [-0.3, -0.25) is 19.3 Å². The number of rotatable bonds is 8. The van der Waals surface area contributed by atoms with Gasteiger partial charge in [0.1, 0.15) is 11.5 Å². The highest BCUT2D eigenvalue weighted by Gasteiger charge is 2.33. The first kappa shape index (κ1) is 26.0. The molecule has 0 saturated carbocycles. The summed E-state index contributed by atoms with van der Waals surface area (Å²) < 4.78 is 29.0. The van der Waals surface area contributed by atoms with E-state index in [0.29, 0.717) is 30.0 Å². The zero-order valence-corrected chi connectivity index (χ0v) is 21.6. The molecule has 0 aliphatic carbocycles. The molecule has 7 nitrogen and oxygen atoms in total. The Bertz CT molecular complexity index is 1330. The summed E-state index contributed by atoms with van der Waals surface area (Å²) in [5.74, 6) is -0.502. The molecule has 0 atom stereocenters. The molecule has 4 rings (SSSR count). The van der Waals surface area contributed by atoms with E-state index < -0.39 is 12.3 Å². The summed E-state index contributed by atoms with van der Waals surface area (Å²) >= 11 is 6.45. The number of imidazole rings is 1. The maximum absolute atomic E-state index is 14.1. The monoisotopic (exact) mass is 517 g/mol. The molecule has 36 heavy (non-hydrogen) atoms. The van der Waals surface area contributed by atoms with Gasteiger partial charge in [-0.25, -0.2) is 4.98 Å². The number of nitrogens with one attached hydrogen (secondary N) is 1. The summed E-state index contributed by atoms with van der Waals surface area (Å²) in [6, 6.07) is 3.80. The average molecular weight is 518 g/mol. The lowest BCUT2D eigenvalue weighted by Gasteiger charge is -2.38. The van der Waals surface area contributed by atoms with Crippen molar-refractivity contribution >= 4 is 34.2 Å². The van der Waals surface area contributed by atoms with Crippen LogP contribution in [0.1, 0.15) is 67.0 Å². The smallest absolute Gasteiger partial charge is 0.320 e. The van der Waals surface area contributed by atoms with Gasteiger partial charge in [0, 0.05) is 48.0 Å². The van der Waals surface area contributed by atoms with Crippen LogP contribution in [0.15, 0.2) is 24.8 Å². The van der Waals surface area contributed by atoms with Crippen LogP contribution in [0.4, 0.5) is 8.78 Å². The van der Waals surface area contributed by atoms with Crippen molar-refractivity contribution in [3.63, 3.8) is 0 Å². The van der Waals surface area contributed by atoms with Crippen LogP contribution in [0.3, 0.4) is 0 Å². The Morgan fingerprint density at radius 3 is 2.58 bits per heavy atom. The number of aryl methyl sites for hydroxylation is 3. The topological polar surface area (TPSA) is 83.9 Å². The molecule has 1 saturated heterocycles. The summed E-state index contributed by atoms with van der Waals surface area (Å²) in [4.78, 5) is 30.5. The summed E-state index contributed by atoms with van der Waals surface area (Å²) in [5.41, 5.74) is 2.52. The highest BCUT2D eigenvalue weighted by molar-refractivity contribution is 6.32. The number of hydrogen-bond acceptors (Lipinski definition) is 4. The van der Waals surface area contributed by atoms with Crippen molar-refractivity contribution in [3.05, 3.63) is 58.3 Å². The molecule has 1 aliphatic heterocycles. The molecule has 0 unspecified atom stereocenters. The van der Waals surface area contributed by atoms with Crippen LogP contribution in [0, 0.1) is 12.8 Å². The Balaban J connectivity index is 1.54. The number of Topliss-reactive ketones (excluding diaryl/α,β-unsaturated/α-hetero) is 1. The number of ketones is 1. The van der Waals surface area contributed by atoms with Crippen molar-refractivity contribution in [2.45, 2.75) is 58.9 Å². The first-order valence-corrected chi connectivity index (χ1v) is 12.3. The second-order valence-corrected chi connectivity index (χ2v) is 10.8. The molecule has 1 aromatic carbocycles. The Labute approximate surface area is 213 Å². The molecule has 1 aliphatic rings. The van der Waals surface area contributed by atoms with Crippen LogP contribution in [0.25, 0.3) is 10.9 Å². The Morgan fingerprint density at radius 1 is 1.28 bits per heavy atom. The lowest BCUT2D eigenvalue weighted by atomic mass is 9.86. The van der Waals surface area contributed by atoms with Crippen molar-refractivity contribution in [2.75, 3.05) is 13.1 Å². The van der Waals surface area contributed by atoms with Gasteiger partial charge in [-0.2, -0.15) is 13.9 Å². The summed E-state index contributed by atoms with van der Waals surface area (Å²) in [5, 5.41) is 8.84. The first-order chi connectivity index (χ1) is 16.9. The SMILES string of the molecule is C=CC(=O)N1CC(CC(=O)c2c(C)nc(CCc3[nH]nc4cc(Cl)c(C(C)(C)C)cc34)n2C(F)F)C1. The third kappa shape index (κ3) is 4.93. The van der Waals surface area contributed by atoms with E-state index in [1.165, 1.54) is 6.08 Å². The summed E-state index contributed by atoms with van der Waals surface area (Å²) in [6.45, 7) is 9.16. The van der Waals surface area contributed by atoms with Crippen molar-refractivity contribution in [3.8, 4) is 0 Å². The van der Waals surface area contributed by atoms with E-state index in [9.17, 15) is 18.4 Å². The minimum absolute atomic E-state index is 0.0644. The lowest BCUT2D eigenvalue weighted by molar-refractivity contribution is -0.132. The van der Waals surface area contributed by atoms with Gasteiger partial charge in [0.25, 0.3) is 0 Å². The highest BCUT2D eigenvalue weighted by Crippen LogP contribution is 2.34. The molecule has 10 heteroatoms. The molecular weight excluding hydrogens is 488 g/mol. The standard InChI is InChI=1S/C26H30ClF2N5O2/c1-6-23(36)33-12-15(13-33)9-21(35)24-14(2)30-22(34(24)25(28)29)8-7-19-16-10-17(26(3,4)5)18(27)11-20(16)32-31-19/h6,10-11,15,25H,1,7-9,12-13H2,2-5H3,(H,31,32). The van der Waals surface area contributed by atoms with E-state index in [1.807, 2.05) is 12.1 Å². The zero-order valence-electron chi connectivity index (χ0n) is 20.9. The van der Waals surface area contributed by atoms with E-state index in [4.69, 9.17) is 11.6 Å². The van der Waals surface area contributed by atoms with Crippen LogP contribution in [0.2, 0.25) is 5.02 Å². The number of aromatic nitrogens is 4. The molecule has 3 heterocycles. The van der Waals surface area contributed by atoms with Gasteiger partial charge in [-0.05, 0) is 42.5 Å². The highest BCUT2D eigenvalue weighted by atomic mass is 35.5. The molecule has 1 amide bonds. The van der Waals surface area contributed by atoms with Gasteiger partial charge in [-0.1, -0.05) is 39.0 Å². The van der Waals surface area contributed by atoms with E-state index in [0.717, 1.165) is 21.2 Å². The van der Waals surface area contributed by atoms with Gasteiger partial charge in [0.2, 0.25) is 5.91 Å². The van der Waals surface area contributed by atoms with Gasteiger partial charge in [-0.15, -0.1) is 0 Å². The Morgan fingerprint density at radius 2 is 1.97 bits per heavy atom. The fourth-order valence-electron chi connectivity index (χ4n) is 4.78. The lowest BCUT2D eigenvalue weighted by Crippen LogP contribution is -2.50. The fraction of sp³-hybridized carbons (Fsp3) is 0.462. The predicted octanol–water partition coefficient (Wildman–Crippen LogP) is 5.42. The number of carbonyl (C=O) groups excluding carboxylic acids is 2. The normalized spacial score (nSPS) is 14.5. The molecule has 3 aromatic rings. The van der Waals surface area contributed by atoms with Crippen LogP contribution in [0.5, 0.6) is 0 Å². The molecule has 192 valence electrons. The van der Waals surface area contributed by atoms with Gasteiger partial charge < -0.3 is 4.90 Å². The van der Waals surface area contributed by atoms with Crippen molar-refractivity contribution in [1.29, 1.82) is 0 Å². The number of halogens is 3. The zero-order chi connectivity index (χ0) is 26.4. The second-order valence-electron chi connectivity index (χ2n) is 10.4. The van der Waals surface area contributed by atoms with E-state index in [-0.39, 0.29) is 47.3 Å². The number of fused-ring (bicyclic) bond motifs is 1. The number of carbonyl (C=O) groups is 2. The molecule has 0 radical (unpaired) electrons. The number of alkyl halides is 2. The molecule has 1 N–H and O–H groups in total. The minimum atomic E-state index is -2.90. The number of amides is 1. The molecule has 1 fully saturated rings. The predicted molar refractivity (Wildman–Crippen MR) is 135 cm³/mol. The van der Waals surface area contributed by atoms with Crippen LogP contribution >= 0.6 is 11.6 Å². The molecule has 0 spiro atoms. The second kappa shape index (κ2) is 9.76. The quantitative estimate of drug-likeness (QED) is 0.319. The van der Waals surface area contributed by atoms with Crippen molar-refractivity contribution in [1.82, 2.24) is 24.6 Å². The fourth-order valence-corrected chi connectivity index (χ4v) is 5.22. The third-order valence-corrected chi connectivity index (χ3v) is 6.98. The number of hydrogen-bond donors (Lipinski definition) is 1. The number of likely N-dealkylation sites (tertiary alicyclic amines) is 1. The van der Waals surface area contributed by atoms with E-state index in [2.05, 4.69) is 42.5 Å². The van der Waals surface area contributed by atoms with Crippen LogP contribution in [-0.2, 0) is 23.1 Å². The number of benzene rings is 1. The molecular formula is C26H30ClF2N5O2. The molecule has 2 aromatic heterocycles. The van der Waals surface area contributed by atoms with Gasteiger partial charge >= 0.3 is 6.55 Å². The number of H-pyrrole nitrogens is 1. The minimum Gasteiger partial charge on any atom is -0.338 e. The Kier molecular flexibility index (Phi) is 7.05. The maximum Gasteiger partial charge on any atom is 0.320 e. The van der Waals surface area contributed by atoms with Crippen LogP contribution < -0.4 is 0 Å². The van der Waals surface area contributed by atoms with Gasteiger partial charge in [0.15, 0.2) is 5.78 Å². The third-order valence-electron chi connectivity index (χ3n) is 6.66. The van der Waals surface area contributed by atoms with E-state index in [1.54, 1.807) is 11.8 Å². The van der Waals surface area contributed by atoms with Crippen molar-refractivity contribution in [2.24, 2.45) is 5.92 Å². The molecule has 0 bridgehead atoms. The van der Waals surface area contributed by atoms with Crippen LogP contribution in [-0.4, -0.2) is 49.4 Å². The Hall–Kier alpha value is -3.07. The first-order valence-electron chi connectivity index (χ1n) is 11.9.